The SMILES string of the molecule is O=C([O-])c1ccc(NC(=O)c2ccc(Br)c(S(=O)(=O)N3CCCC3)c2)cc1. The Balaban J connectivity index is 1.84. The number of hydrogen-bond acceptors (Lipinski definition) is 5. The lowest BCUT2D eigenvalue weighted by molar-refractivity contribution is -0.255. The van der Waals surface area contributed by atoms with Gasteiger partial charge in [0.25, 0.3) is 5.91 Å². The number of rotatable bonds is 5. The molecule has 0 saturated carbocycles. The molecule has 1 aliphatic heterocycles. The highest BCUT2D eigenvalue weighted by atomic mass is 79.9. The van der Waals surface area contributed by atoms with Crippen LogP contribution in [-0.4, -0.2) is 37.7 Å². The molecule has 1 N–H and O–H groups in total. The standard InChI is InChI=1S/C18H17BrN2O5S/c19-15-8-5-13(11-16(15)27(25,26)21-9-1-2-10-21)17(22)20-14-6-3-12(4-7-14)18(23)24/h3-8,11H,1-2,9-10H2,(H,20,22)(H,23,24)/p-1. The number of halogens is 1. The van der Waals surface area contributed by atoms with Crippen LogP contribution in [0.5, 0.6) is 0 Å². The summed E-state index contributed by atoms with van der Waals surface area (Å²) >= 11 is 3.25. The van der Waals surface area contributed by atoms with E-state index >= 15 is 0 Å². The molecule has 1 heterocycles. The fourth-order valence-electron chi connectivity index (χ4n) is 2.80. The molecule has 142 valence electrons. The van der Waals surface area contributed by atoms with E-state index in [1.807, 2.05) is 0 Å². The molecule has 3 rings (SSSR count). The Kier molecular flexibility index (Phi) is 5.64. The van der Waals surface area contributed by atoms with Crippen molar-refractivity contribution in [3.8, 4) is 0 Å². The molecule has 0 aliphatic carbocycles. The van der Waals surface area contributed by atoms with Crippen molar-refractivity contribution in [1.29, 1.82) is 0 Å². The van der Waals surface area contributed by atoms with E-state index in [9.17, 15) is 23.1 Å². The number of hydrogen-bond donors (Lipinski definition) is 1. The van der Waals surface area contributed by atoms with Crippen LogP contribution in [0.4, 0.5) is 5.69 Å². The summed E-state index contributed by atoms with van der Waals surface area (Å²) in [5.41, 5.74) is 0.562. The normalized spacial score (nSPS) is 14.9. The first-order valence-electron chi connectivity index (χ1n) is 8.21. The van der Waals surface area contributed by atoms with Crippen LogP contribution in [0.2, 0.25) is 0 Å². The van der Waals surface area contributed by atoms with Crippen LogP contribution in [0, 0.1) is 0 Å². The minimum absolute atomic E-state index is 0.00404. The molecule has 1 amide bonds. The number of nitrogens with one attached hydrogen (secondary N) is 1. The first-order chi connectivity index (χ1) is 12.8. The van der Waals surface area contributed by atoms with Gasteiger partial charge in [0.05, 0.1) is 10.9 Å². The molecule has 0 atom stereocenters. The van der Waals surface area contributed by atoms with Crippen molar-refractivity contribution in [3.05, 3.63) is 58.1 Å². The average Bonchev–Trinajstić information content (AvgIpc) is 3.18. The Morgan fingerprint density at radius 1 is 1.00 bits per heavy atom. The third kappa shape index (κ3) is 4.20. The second-order valence-electron chi connectivity index (χ2n) is 6.08. The number of sulfonamides is 1. The fraction of sp³-hybridized carbons (Fsp3) is 0.222. The van der Waals surface area contributed by atoms with Crippen molar-refractivity contribution in [1.82, 2.24) is 4.31 Å². The highest BCUT2D eigenvalue weighted by molar-refractivity contribution is 9.10. The lowest BCUT2D eigenvalue weighted by Gasteiger charge is -2.17. The van der Waals surface area contributed by atoms with Crippen LogP contribution in [0.3, 0.4) is 0 Å². The van der Waals surface area contributed by atoms with Crippen LogP contribution < -0.4 is 10.4 Å². The topological polar surface area (TPSA) is 107 Å². The van der Waals surface area contributed by atoms with E-state index < -0.39 is 21.9 Å². The maximum Gasteiger partial charge on any atom is 0.255 e. The van der Waals surface area contributed by atoms with Gasteiger partial charge in [-0.3, -0.25) is 4.79 Å². The first-order valence-corrected chi connectivity index (χ1v) is 10.4. The number of carboxylic acids is 1. The van der Waals surface area contributed by atoms with Gasteiger partial charge < -0.3 is 15.2 Å². The molecule has 9 heteroatoms. The molecule has 7 nitrogen and oxygen atoms in total. The van der Waals surface area contributed by atoms with Gasteiger partial charge in [0.2, 0.25) is 10.0 Å². The van der Waals surface area contributed by atoms with Gasteiger partial charge >= 0.3 is 0 Å². The van der Waals surface area contributed by atoms with E-state index in [0.717, 1.165) is 12.8 Å². The number of carbonyl (C=O) groups excluding carboxylic acids is 2. The highest BCUT2D eigenvalue weighted by Gasteiger charge is 2.29. The van der Waals surface area contributed by atoms with Crippen LogP contribution in [0.1, 0.15) is 33.6 Å². The molecular formula is C18H16BrN2O5S-. The van der Waals surface area contributed by atoms with Crippen molar-refractivity contribution < 1.29 is 23.1 Å². The van der Waals surface area contributed by atoms with E-state index in [4.69, 9.17) is 0 Å². The molecule has 0 radical (unpaired) electrons. The Hall–Kier alpha value is -2.23. The van der Waals surface area contributed by atoms with Crippen molar-refractivity contribution in [2.24, 2.45) is 0 Å². The number of anilines is 1. The number of carboxylic acid groups (broad SMARTS) is 1. The monoisotopic (exact) mass is 451 g/mol. The van der Waals surface area contributed by atoms with Crippen LogP contribution in [0.25, 0.3) is 0 Å². The lowest BCUT2D eigenvalue weighted by atomic mass is 10.2. The lowest BCUT2D eigenvalue weighted by Crippen LogP contribution is -2.28. The van der Waals surface area contributed by atoms with Crippen molar-refractivity contribution in [2.45, 2.75) is 17.7 Å². The summed E-state index contributed by atoms with van der Waals surface area (Å²) in [6.45, 7) is 0.936. The van der Waals surface area contributed by atoms with E-state index in [1.54, 1.807) is 0 Å². The van der Waals surface area contributed by atoms with Gasteiger partial charge in [-0.15, -0.1) is 0 Å². The van der Waals surface area contributed by atoms with Gasteiger partial charge in [-0.1, -0.05) is 12.1 Å². The van der Waals surface area contributed by atoms with Gasteiger partial charge in [0, 0.05) is 28.8 Å². The Labute approximate surface area is 165 Å². The average molecular weight is 452 g/mol. The van der Waals surface area contributed by atoms with Gasteiger partial charge in [-0.05, 0) is 64.7 Å². The quantitative estimate of drug-likeness (QED) is 0.746. The van der Waals surface area contributed by atoms with Crippen LogP contribution >= 0.6 is 15.9 Å². The summed E-state index contributed by atoms with van der Waals surface area (Å²) in [5.74, 6) is -1.81. The predicted molar refractivity (Wildman–Crippen MR) is 101 cm³/mol. The number of nitrogens with zero attached hydrogens (tertiary/aromatic N) is 1. The van der Waals surface area contributed by atoms with E-state index in [1.165, 1.54) is 46.8 Å². The predicted octanol–water partition coefficient (Wildman–Crippen LogP) is 1.85. The van der Waals surface area contributed by atoms with Crippen molar-refractivity contribution in [3.63, 3.8) is 0 Å². The van der Waals surface area contributed by atoms with Crippen LogP contribution in [0.15, 0.2) is 51.8 Å². The number of benzene rings is 2. The van der Waals surface area contributed by atoms with E-state index in [-0.39, 0.29) is 16.0 Å². The second-order valence-corrected chi connectivity index (χ2v) is 8.84. The summed E-state index contributed by atoms with van der Waals surface area (Å²) < 4.78 is 27.4. The molecule has 1 saturated heterocycles. The Bertz CT molecular complexity index is 983. The zero-order chi connectivity index (χ0) is 19.6. The third-order valence-electron chi connectivity index (χ3n) is 4.25. The molecule has 0 aromatic heterocycles. The van der Waals surface area contributed by atoms with Gasteiger partial charge in [-0.25, -0.2) is 8.42 Å². The molecule has 1 aliphatic rings. The second kappa shape index (κ2) is 7.79. The van der Waals surface area contributed by atoms with Crippen molar-refractivity contribution in [2.75, 3.05) is 18.4 Å². The van der Waals surface area contributed by atoms with Crippen molar-refractivity contribution >= 4 is 43.5 Å². The Morgan fingerprint density at radius 3 is 2.19 bits per heavy atom. The maximum absolute atomic E-state index is 12.8. The van der Waals surface area contributed by atoms with E-state index in [2.05, 4.69) is 21.2 Å². The molecule has 2 aromatic carbocycles. The highest BCUT2D eigenvalue weighted by Crippen LogP contribution is 2.28. The number of carbonyl (C=O) groups is 2. The maximum atomic E-state index is 12.8. The smallest absolute Gasteiger partial charge is 0.255 e. The summed E-state index contributed by atoms with van der Waals surface area (Å²) in [7, 11) is -3.68. The molecule has 27 heavy (non-hydrogen) atoms. The van der Waals surface area contributed by atoms with Gasteiger partial charge in [0.15, 0.2) is 0 Å². The summed E-state index contributed by atoms with van der Waals surface area (Å²) in [5, 5.41) is 13.4. The Morgan fingerprint density at radius 2 is 1.59 bits per heavy atom. The molecule has 2 aromatic rings. The molecule has 0 bridgehead atoms. The van der Waals surface area contributed by atoms with E-state index in [0.29, 0.717) is 23.2 Å². The summed E-state index contributed by atoms with van der Waals surface area (Å²) in [4.78, 5) is 23.3. The van der Waals surface area contributed by atoms with Gasteiger partial charge in [0.1, 0.15) is 0 Å². The third-order valence-corrected chi connectivity index (χ3v) is 7.15. The number of amides is 1. The molecule has 0 unspecified atom stereocenters. The molecule has 0 spiro atoms. The summed E-state index contributed by atoms with van der Waals surface area (Å²) in [6, 6.07) is 9.87. The molecular weight excluding hydrogens is 436 g/mol. The first kappa shape index (κ1) is 19.5. The minimum Gasteiger partial charge on any atom is -0.545 e. The zero-order valence-corrected chi connectivity index (χ0v) is 16.5. The van der Waals surface area contributed by atoms with Crippen LogP contribution in [-0.2, 0) is 10.0 Å². The summed E-state index contributed by atoms with van der Waals surface area (Å²) in [6.07, 6.45) is 1.64. The number of aromatic carboxylic acids is 1. The zero-order valence-electron chi connectivity index (χ0n) is 14.1. The fourth-order valence-corrected chi connectivity index (χ4v) is 5.27. The van der Waals surface area contributed by atoms with Gasteiger partial charge in [-0.2, -0.15) is 4.31 Å². The molecule has 1 fully saturated rings. The minimum atomic E-state index is -3.68. The largest absolute Gasteiger partial charge is 0.545 e.